The number of aryl methyl sites for hydroxylation is 1. The Morgan fingerprint density at radius 3 is 2.71 bits per heavy atom. The molecule has 3 N–H and O–H groups in total. The molecule has 3 rings (SSSR count). The van der Waals surface area contributed by atoms with Gasteiger partial charge in [0, 0.05) is 12.1 Å². The third-order valence-electron chi connectivity index (χ3n) is 3.42. The third-order valence-corrected chi connectivity index (χ3v) is 3.42. The molecule has 3 aromatic rings. The van der Waals surface area contributed by atoms with Crippen molar-refractivity contribution >= 4 is 11.7 Å². The zero-order valence-corrected chi connectivity index (χ0v) is 13.2. The minimum atomic E-state index is -0.541. The van der Waals surface area contributed by atoms with Crippen LogP contribution in [0, 0.1) is 6.92 Å². The van der Waals surface area contributed by atoms with Gasteiger partial charge in [0.05, 0.1) is 12.1 Å². The maximum atomic E-state index is 11.4. The van der Waals surface area contributed by atoms with Gasteiger partial charge in [0.2, 0.25) is 5.89 Å². The van der Waals surface area contributed by atoms with E-state index >= 15 is 0 Å². The number of nitrogens with two attached hydrogens (primary N) is 1. The van der Waals surface area contributed by atoms with Gasteiger partial charge >= 0.3 is 0 Å². The van der Waals surface area contributed by atoms with Crippen LogP contribution in [0.4, 0.5) is 5.82 Å². The quantitative estimate of drug-likeness (QED) is 0.719. The molecule has 0 atom stereocenters. The molecule has 7 heteroatoms. The van der Waals surface area contributed by atoms with Crippen molar-refractivity contribution in [1.29, 1.82) is 0 Å². The zero-order chi connectivity index (χ0) is 16.9. The number of pyridine rings is 1. The summed E-state index contributed by atoms with van der Waals surface area (Å²) in [6.07, 6.45) is 0.597. The number of benzene rings is 1. The number of anilines is 1. The fourth-order valence-corrected chi connectivity index (χ4v) is 2.26. The Balaban J connectivity index is 1.68. The van der Waals surface area contributed by atoms with Crippen LogP contribution in [0.5, 0.6) is 0 Å². The van der Waals surface area contributed by atoms with Crippen LogP contribution in [0.1, 0.15) is 33.3 Å². The summed E-state index contributed by atoms with van der Waals surface area (Å²) in [6, 6.07) is 13.3. The van der Waals surface area contributed by atoms with E-state index in [0.29, 0.717) is 29.5 Å². The average molecular weight is 323 g/mol. The van der Waals surface area contributed by atoms with Crippen LogP contribution >= 0.6 is 0 Å². The number of hydrogen-bond acceptors (Lipinski definition) is 6. The Kier molecular flexibility index (Phi) is 4.51. The first kappa shape index (κ1) is 15.7. The Bertz CT molecular complexity index is 845. The van der Waals surface area contributed by atoms with Crippen LogP contribution in [-0.2, 0) is 13.0 Å². The predicted molar refractivity (Wildman–Crippen MR) is 88.4 cm³/mol. The molecule has 2 heterocycles. The van der Waals surface area contributed by atoms with Gasteiger partial charge in [-0.15, -0.1) is 0 Å². The summed E-state index contributed by atoms with van der Waals surface area (Å²) in [6.45, 7) is 2.10. The smallest absolute Gasteiger partial charge is 0.252 e. The SMILES string of the molecule is Cc1ccc(C(N)=O)c(NCc2nc(Cc3ccccc3)no2)n1. The summed E-state index contributed by atoms with van der Waals surface area (Å²) >= 11 is 0. The van der Waals surface area contributed by atoms with Gasteiger partial charge in [-0.1, -0.05) is 35.5 Å². The maximum absolute atomic E-state index is 11.4. The monoisotopic (exact) mass is 323 g/mol. The van der Waals surface area contributed by atoms with Crippen molar-refractivity contribution in [3.05, 3.63) is 71.0 Å². The molecule has 0 radical (unpaired) electrons. The minimum absolute atomic E-state index is 0.262. The lowest BCUT2D eigenvalue weighted by molar-refractivity contribution is 0.100. The average Bonchev–Trinajstić information content (AvgIpc) is 3.01. The summed E-state index contributed by atoms with van der Waals surface area (Å²) in [5.41, 5.74) is 7.56. The molecule has 0 spiro atoms. The highest BCUT2D eigenvalue weighted by molar-refractivity contribution is 5.97. The van der Waals surface area contributed by atoms with Crippen molar-refractivity contribution in [2.24, 2.45) is 5.73 Å². The van der Waals surface area contributed by atoms with Crippen molar-refractivity contribution in [2.45, 2.75) is 19.9 Å². The number of carbonyl (C=O) groups excluding carboxylic acids is 1. The van der Waals surface area contributed by atoms with Crippen molar-refractivity contribution in [3.63, 3.8) is 0 Å². The normalized spacial score (nSPS) is 10.5. The summed E-state index contributed by atoms with van der Waals surface area (Å²) in [5, 5.41) is 6.98. The molecule has 0 fully saturated rings. The molecule has 0 saturated heterocycles. The molecule has 1 aromatic carbocycles. The van der Waals surface area contributed by atoms with E-state index in [1.54, 1.807) is 12.1 Å². The molecule has 0 aliphatic carbocycles. The van der Waals surface area contributed by atoms with Crippen molar-refractivity contribution in [2.75, 3.05) is 5.32 Å². The van der Waals surface area contributed by atoms with E-state index in [9.17, 15) is 4.79 Å². The number of primary amides is 1. The highest BCUT2D eigenvalue weighted by Crippen LogP contribution is 2.14. The molecule has 0 bridgehead atoms. The van der Waals surface area contributed by atoms with Crippen LogP contribution in [0.15, 0.2) is 47.0 Å². The lowest BCUT2D eigenvalue weighted by Crippen LogP contribution is -2.16. The minimum Gasteiger partial charge on any atom is -0.365 e. The van der Waals surface area contributed by atoms with Crippen LogP contribution in [0.25, 0.3) is 0 Å². The lowest BCUT2D eigenvalue weighted by atomic mass is 10.1. The highest BCUT2D eigenvalue weighted by atomic mass is 16.5. The standard InChI is InChI=1S/C17H17N5O2/c1-11-7-8-13(16(18)23)17(20-11)19-10-15-21-14(22-24-15)9-12-5-3-2-4-6-12/h2-8H,9-10H2,1H3,(H2,18,23)(H,19,20). The van der Waals surface area contributed by atoms with E-state index in [0.717, 1.165) is 11.3 Å². The second-order valence-electron chi connectivity index (χ2n) is 5.33. The fraction of sp³-hybridized carbons (Fsp3) is 0.176. The van der Waals surface area contributed by atoms with Gasteiger partial charge < -0.3 is 15.6 Å². The molecule has 0 aliphatic heterocycles. The zero-order valence-electron chi connectivity index (χ0n) is 13.2. The van der Waals surface area contributed by atoms with Crippen molar-refractivity contribution in [3.8, 4) is 0 Å². The van der Waals surface area contributed by atoms with Gasteiger partial charge in [0.15, 0.2) is 5.82 Å². The summed E-state index contributed by atoms with van der Waals surface area (Å²) in [7, 11) is 0. The molecular weight excluding hydrogens is 306 g/mol. The second-order valence-corrected chi connectivity index (χ2v) is 5.33. The van der Waals surface area contributed by atoms with E-state index in [1.165, 1.54) is 0 Å². The number of nitrogens with one attached hydrogen (secondary N) is 1. The van der Waals surface area contributed by atoms with Gasteiger partial charge in [-0.25, -0.2) is 4.98 Å². The Labute approximate surface area is 138 Å². The largest absolute Gasteiger partial charge is 0.365 e. The fourth-order valence-electron chi connectivity index (χ4n) is 2.26. The third kappa shape index (κ3) is 3.75. The Morgan fingerprint density at radius 2 is 1.96 bits per heavy atom. The number of nitrogens with zero attached hydrogens (tertiary/aromatic N) is 3. The maximum Gasteiger partial charge on any atom is 0.252 e. The summed E-state index contributed by atoms with van der Waals surface area (Å²) < 4.78 is 5.22. The van der Waals surface area contributed by atoms with Crippen molar-refractivity contribution < 1.29 is 9.32 Å². The number of rotatable bonds is 6. The molecule has 2 aromatic heterocycles. The van der Waals surface area contributed by atoms with E-state index in [4.69, 9.17) is 10.3 Å². The molecule has 0 aliphatic rings. The summed E-state index contributed by atoms with van der Waals surface area (Å²) in [4.78, 5) is 20.1. The lowest BCUT2D eigenvalue weighted by Gasteiger charge is -2.07. The van der Waals surface area contributed by atoms with E-state index in [1.807, 2.05) is 37.3 Å². The molecule has 1 amide bonds. The van der Waals surface area contributed by atoms with E-state index in [-0.39, 0.29) is 6.54 Å². The molecular formula is C17H17N5O2. The van der Waals surface area contributed by atoms with Gasteiger partial charge in [-0.2, -0.15) is 4.98 Å². The number of carbonyl (C=O) groups is 1. The molecule has 122 valence electrons. The molecule has 7 nitrogen and oxygen atoms in total. The number of hydrogen-bond donors (Lipinski definition) is 2. The Hall–Kier alpha value is -3.22. The highest BCUT2D eigenvalue weighted by Gasteiger charge is 2.12. The predicted octanol–water partition coefficient (Wildman–Crippen LogP) is 2.07. The first-order valence-electron chi connectivity index (χ1n) is 7.48. The van der Waals surface area contributed by atoms with Gasteiger partial charge in [0.25, 0.3) is 5.91 Å². The molecule has 0 saturated carbocycles. The first-order chi connectivity index (χ1) is 11.6. The number of amides is 1. The number of aromatic nitrogens is 3. The molecule has 0 unspecified atom stereocenters. The van der Waals surface area contributed by atoms with Crippen LogP contribution in [0.2, 0.25) is 0 Å². The van der Waals surface area contributed by atoms with Gasteiger partial charge in [0.1, 0.15) is 5.82 Å². The molecule has 24 heavy (non-hydrogen) atoms. The van der Waals surface area contributed by atoms with Crippen LogP contribution in [0.3, 0.4) is 0 Å². The van der Waals surface area contributed by atoms with Crippen molar-refractivity contribution in [1.82, 2.24) is 15.1 Å². The first-order valence-corrected chi connectivity index (χ1v) is 7.48. The van der Waals surface area contributed by atoms with E-state index < -0.39 is 5.91 Å². The van der Waals surface area contributed by atoms with Gasteiger partial charge in [-0.3, -0.25) is 4.79 Å². The van der Waals surface area contributed by atoms with Crippen LogP contribution in [-0.4, -0.2) is 21.0 Å². The second kappa shape index (κ2) is 6.91. The van der Waals surface area contributed by atoms with Gasteiger partial charge in [-0.05, 0) is 24.6 Å². The van der Waals surface area contributed by atoms with Crippen LogP contribution < -0.4 is 11.1 Å². The van der Waals surface area contributed by atoms with E-state index in [2.05, 4.69) is 20.4 Å². The topological polar surface area (TPSA) is 107 Å². The Morgan fingerprint density at radius 1 is 1.17 bits per heavy atom. The summed E-state index contributed by atoms with van der Waals surface area (Å²) in [5.74, 6) is 0.885.